The number of hydrogen-bond donors (Lipinski definition) is 0. The average molecular weight is 388 g/mol. The molecular weight excluding hydrogens is 373 g/mol. The summed E-state index contributed by atoms with van der Waals surface area (Å²) in [5.74, 6) is -0.258. The van der Waals surface area contributed by atoms with Crippen molar-refractivity contribution in [3.05, 3.63) is 54.0 Å². The Morgan fingerprint density at radius 2 is 1.65 bits per heavy atom. The fourth-order valence-corrected chi connectivity index (χ4v) is 4.39. The van der Waals surface area contributed by atoms with Crippen molar-refractivity contribution in [1.29, 1.82) is 0 Å². The molecule has 2 aromatic rings. The first-order valence-electron chi connectivity index (χ1n) is 7.70. The smallest absolute Gasteiger partial charge is 0.417 e. The Balaban J connectivity index is 1.78. The van der Waals surface area contributed by atoms with Crippen LogP contribution in [-0.4, -0.2) is 49.7 Å². The molecule has 0 saturated carbocycles. The number of sulfonamides is 1. The molecule has 1 aromatic carbocycles. The maximum atomic E-state index is 13.1. The summed E-state index contributed by atoms with van der Waals surface area (Å²) in [6.45, 7) is -0.0676. The Morgan fingerprint density at radius 1 is 1.00 bits per heavy atom. The Labute approximate surface area is 147 Å². The van der Waals surface area contributed by atoms with Crippen molar-refractivity contribution in [1.82, 2.24) is 9.21 Å². The maximum Gasteiger partial charge on any atom is 0.417 e. The highest BCUT2D eigenvalue weighted by atomic mass is 32.2. The molecular formula is C16H15F3N2O4S. The summed E-state index contributed by atoms with van der Waals surface area (Å²) >= 11 is 0. The van der Waals surface area contributed by atoms with Gasteiger partial charge in [0.1, 0.15) is 0 Å². The molecule has 0 aliphatic carbocycles. The third-order valence-corrected chi connectivity index (χ3v) is 6.02. The molecule has 26 heavy (non-hydrogen) atoms. The van der Waals surface area contributed by atoms with E-state index in [0.717, 1.165) is 22.5 Å². The van der Waals surface area contributed by atoms with E-state index in [0.29, 0.717) is 0 Å². The molecule has 6 nitrogen and oxygen atoms in total. The molecule has 0 unspecified atom stereocenters. The lowest BCUT2D eigenvalue weighted by molar-refractivity contribution is -0.139. The number of carbonyl (C=O) groups excluding carboxylic acids is 1. The molecule has 10 heteroatoms. The van der Waals surface area contributed by atoms with Crippen molar-refractivity contribution >= 4 is 15.9 Å². The number of benzene rings is 1. The summed E-state index contributed by atoms with van der Waals surface area (Å²) in [5.41, 5.74) is -1.20. The van der Waals surface area contributed by atoms with Crippen LogP contribution in [0.25, 0.3) is 0 Å². The van der Waals surface area contributed by atoms with Crippen LogP contribution in [0.2, 0.25) is 0 Å². The molecule has 0 radical (unpaired) electrons. The molecule has 0 bridgehead atoms. The second-order valence-electron chi connectivity index (χ2n) is 5.67. The second-order valence-corrected chi connectivity index (χ2v) is 7.57. The van der Waals surface area contributed by atoms with Gasteiger partial charge in [0.25, 0.3) is 5.91 Å². The van der Waals surface area contributed by atoms with Gasteiger partial charge in [0.05, 0.1) is 16.7 Å². The Hall–Kier alpha value is -2.33. The number of carbonyl (C=O) groups is 1. The fraction of sp³-hybridized carbons (Fsp3) is 0.312. The number of alkyl halides is 3. The first-order chi connectivity index (χ1) is 12.2. The lowest BCUT2D eigenvalue weighted by atomic mass is 10.2. The van der Waals surface area contributed by atoms with Crippen LogP contribution >= 0.6 is 0 Å². The molecule has 1 saturated heterocycles. The number of hydrogen-bond acceptors (Lipinski definition) is 4. The lowest BCUT2D eigenvalue weighted by Gasteiger charge is -2.34. The van der Waals surface area contributed by atoms with Crippen molar-refractivity contribution in [2.24, 2.45) is 0 Å². The molecule has 1 amide bonds. The fourth-order valence-electron chi connectivity index (χ4n) is 2.75. The Morgan fingerprint density at radius 3 is 2.23 bits per heavy atom. The summed E-state index contributed by atoms with van der Waals surface area (Å²) in [6.07, 6.45) is -3.43. The van der Waals surface area contributed by atoms with E-state index in [9.17, 15) is 26.4 Å². The minimum absolute atomic E-state index is 0.0624. The summed E-state index contributed by atoms with van der Waals surface area (Å²) in [6, 6.07) is 7.12. The van der Waals surface area contributed by atoms with Crippen LogP contribution in [-0.2, 0) is 16.2 Å². The Bertz CT molecular complexity index is 886. The van der Waals surface area contributed by atoms with E-state index in [1.807, 2.05) is 0 Å². The standard InChI is InChI=1S/C16H15F3N2O4S/c17-16(18,19)12-4-1-2-6-14(12)26(23,24)21-9-7-20(8-10-21)15(22)13-5-3-11-25-13/h1-6,11H,7-10H2. The van der Waals surface area contributed by atoms with E-state index >= 15 is 0 Å². The monoisotopic (exact) mass is 388 g/mol. The topological polar surface area (TPSA) is 70.8 Å². The van der Waals surface area contributed by atoms with Gasteiger partial charge in [-0.05, 0) is 24.3 Å². The van der Waals surface area contributed by atoms with Crippen LogP contribution in [0.4, 0.5) is 13.2 Å². The van der Waals surface area contributed by atoms with Crippen molar-refractivity contribution < 1.29 is 30.8 Å². The van der Waals surface area contributed by atoms with Gasteiger partial charge in [-0.3, -0.25) is 4.79 Å². The van der Waals surface area contributed by atoms with E-state index in [1.54, 1.807) is 6.07 Å². The quantitative estimate of drug-likeness (QED) is 0.810. The van der Waals surface area contributed by atoms with Gasteiger partial charge in [0, 0.05) is 26.2 Å². The minimum Gasteiger partial charge on any atom is -0.459 e. The number of piperazine rings is 1. The lowest BCUT2D eigenvalue weighted by Crippen LogP contribution is -2.50. The number of nitrogens with zero attached hydrogens (tertiary/aromatic N) is 2. The summed E-state index contributed by atoms with van der Waals surface area (Å²) in [5, 5.41) is 0. The van der Waals surface area contributed by atoms with Crippen LogP contribution in [0.5, 0.6) is 0 Å². The van der Waals surface area contributed by atoms with Crippen molar-refractivity contribution in [2.45, 2.75) is 11.1 Å². The van der Waals surface area contributed by atoms with Crippen LogP contribution in [0.15, 0.2) is 52.0 Å². The van der Waals surface area contributed by atoms with Crippen molar-refractivity contribution in [2.75, 3.05) is 26.2 Å². The number of amides is 1. The number of halogens is 3. The molecule has 2 heterocycles. The van der Waals surface area contributed by atoms with Crippen molar-refractivity contribution in [3.8, 4) is 0 Å². The average Bonchev–Trinajstić information content (AvgIpc) is 3.15. The molecule has 0 spiro atoms. The summed E-state index contributed by atoms with van der Waals surface area (Å²) in [7, 11) is -4.33. The van der Waals surface area contributed by atoms with Crippen LogP contribution in [0.1, 0.15) is 16.1 Å². The van der Waals surface area contributed by atoms with Crippen molar-refractivity contribution in [3.63, 3.8) is 0 Å². The van der Waals surface area contributed by atoms with Crippen LogP contribution in [0, 0.1) is 0 Å². The molecule has 1 fully saturated rings. The van der Waals surface area contributed by atoms with Gasteiger partial charge in [-0.15, -0.1) is 0 Å². The van der Waals surface area contributed by atoms with Gasteiger partial charge in [-0.25, -0.2) is 8.42 Å². The first kappa shape index (κ1) is 18.5. The van der Waals surface area contributed by atoms with Gasteiger partial charge < -0.3 is 9.32 Å². The van der Waals surface area contributed by atoms with E-state index in [-0.39, 0.29) is 37.8 Å². The van der Waals surface area contributed by atoms with Gasteiger partial charge in [-0.2, -0.15) is 17.5 Å². The molecule has 1 aliphatic rings. The molecule has 0 N–H and O–H groups in total. The van der Waals surface area contributed by atoms with Crippen LogP contribution in [0.3, 0.4) is 0 Å². The highest BCUT2D eigenvalue weighted by Gasteiger charge is 2.39. The summed E-state index contributed by atoms with van der Waals surface area (Å²) in [4.78, 5) is 12.8. The first-order valence-corrected chi connectivity index (χ1v) is 9.14. The number of rotatable bonds is 3. The largest absolute Gasteiger partial charge is 0.459 e. The molecule has 1 aliphatic heterocycles. The van der Waals surface area contributed by atoms with Crippen LogP contribution < -0.4 is 0 Å². The summed E-state index contributed by atoms with van der Waals surface area (Å²) < 4.78 is 70.7. The highest BCUT2D eigenvalue weighted by Crippen LogP contribution is 2.35. The van der Waals surface area contributed by atoms with Gasteiger partial charge >= 0.3 is 6.18 Å². The van der Waals surface area contributed by atoms with E-state index in [1.165, 1.54) is 23.3 Å². The molecule has 0 atom stereocenters. The molecule has 1 aromatic heterocycles. The third kappa shape index (κ3) is 3.47. The van der Waals surface area contributed by atoms with Gasteiger partial charge in [0.2, 0.25) is 10.0 Å². The zero-order chi connectivity index (χ0) is 18.9. The van der Waals surface area contributed by atoms with E-state index < -0.39 is 26.7 Å². The highest BCUT2D eigenvalue weighted by molar-refractivity contribution is 7.89. The maximum absolute atomic E-state index is 13.1. The zero-order valence-electron chi connectivity index (χ0n) is 13.4. The predicted molar refractivity (Wildman–Crippen MR) is 84.8 cm³/mol. The van der Waals surface area contributed by atoms with Gasteiger partial charge in [-0.1, -0.05) is 12.1 Å². The third-order valence-electron chi connectivity index (χ3n) is 4.07. The zero-order valence-corrected chi connectivity index (χ0v) is 14.3. The predicted octanol–water partition coefficient (Wildman–Crippen LogP) is 2.45. The van der Waals surface area contributed by atoms with Gasteiger partial charge in [0.15, 0.2) is 5.76 Å². The number of furan rings is 1. The Kier molecular flexibility index (Phi) is 4.80. The second kappa shape index (κ2) is 6.76. The minimum atomic E-state index is -4.78. The molecule has 140 valence electrons. The van der Waals surface area contributed by atoms with E-state index in [4.69, 9.17) is 4.42 Å². The van der Waals surface area contributed by atoms with E-state index in [2.05, 4.69) is 0 Å². The molecule has 3 rings (SSSR count). The normalized spacial score (nSPS) is 16.7. The SMILES string of the molecule is O=C(c1ccco1)N1CCN(S(=O)(=O)c2ccccc2C(F)(F)F)CC1.